The van der Waals surface area contributed by atoms with Crippen molar-refractivity contribution < 1.29 is 53.7 Å². The van der Waals surface area contributed by atoms with Crippen LogP contribution >= 0.6 is 24.4 Å². The van der Waals surface area contributed by atoms with Crippen LogP contribution in [0.3, 0.4) is 0 Å². The summed E-state index contributed by atoms with van der Waals surface area (Å²) in [4.78, 5) is 107. The highest BCUT2D eigenvalue weighted by atomic mass is 32.2. The lowest BCUT2D eigenvalue weighted by Crippen LogP contribution is -2.61. The van der Waals surface area contributed by atoms with Crippen LogP contribution in [-0.4, -0.2) is 159 Å². The summed E-state index contributed by atoms with van der Waals surface area (Å²) in [6.45, 7) is 8.06. The average Bonchev–Trinajstić information content (AvgIpc) is 3.70. The molecule has 1 saturated heterocycles. The number of carboxylic acid groups (broad SMARTS) is 1. The summed E-state index contributed by atoms with van der Waals surface area (Å²) in [5, 5.41) is 45.0. The standard InChI is InChI=1S/C38H69N9O11S2/c1-7-21(4)30(46-35(54)29(40)22(5)49)36(55)42-24(13-16-60-6)32(51)44-26(18-48)37(56)47-15-10-12-28(47)34(53)41-23(11-8-9-14-39)31(50)43-25(17-20(2)3)33(52)45-27(19-59)38(57)58/h20-30,48-49,59H,7-19,39-40H2,1-6H3,(H,41,53)(H,42,55)(H,43,50)(H,44,51)(H,45,52)(H,46,54)(H,57,58)/t21-,22+,23-,24-,25-,26-,27-,28-,29-,30-/m0/s1. The summed E-state index contributed by atoms with van der Waals surface area (Å²) in [5.74, 6) is -6.67. The van der Waals surface area contributed by atoms with E-state index in [1.54, 1.807) is 20.1 Å². The summed E-state index contributed by atoms with van der Waals surface area (Å²) in [5.41, 5.74) is 11.4. The maximum absolute atomic E-state index is 13.9. The van der Waals surface area contributed by atoms with Crippen LogP contribution in [0.2, 0.25) is 0 Å². The number of carboxylic acids is 1. The van der Waals surface area contributed by atoms with Crippen molar-refractivity contribution in [2.24, 2.45) is 23.3 Å². The molecule has 1 fully saturated rings. The SMILES string of the molecule is CC[C@H](C)[C@H](NC(=O)[C@@H](N)[C@@H](C)O)C(=O)N[C@@H](CCSC)C(=O)N[C@@H](CO)C(=O)N1CCC[C@H]1C(=O)N[C@@H](CCCCN)C(=O)N[C@@H](CC(C)C)C(=O)N[C@@H](CS)C(=O)O. The molecule has 0 aromatic carbocycles. The fourth-order valence-electron chi connectivity index (χ4n) is 6.36. The molecule has 22 heteroatoms. The summed E-state index contributed by atoms with van der Waals surface area (Å²) in [6.07, 6.45) is 3.03. The molecule has 60 heavy (non-hydrogen) atoms. The quantitative estimate of drug-likeness (QED) is 0.0288. The van der Waals surface area contributed by atoms with Crippen LogP contribution in [0.5, 0.6) is 0 Å². The number of aliphatic hydroxyl groups excluding tert-OH is 2. The number of aliphatic hydroxyl groups is 2. The Labute approximate surface area is 362 Å². The molecule has 0 aromatic rings. The second-order valence-corrected chi connectivity index (χ2v) is 16.9. The number of rotatable bonds is 28. The minimum absolute atomic E-state index is 0.0871. The number of hydrogen-bond acceptors (Lipinski definition) is 14. The minimum Gasteiger partial charge on any atom is -0.480 e. The van der Waals surface area contributed by atoms with Crippen molar-refractivity contribution in [3.05, 3.63) is 0 Å². The summed E-state index contributed by atoms with van der Waals surface area (Å²) >= 11 is 5.38. The molecule has 344 valence electrons. The number of unbranched alkanes of at least 4 members (excludes halogenated alkanes) is 1. The van der Waals surface area contributed by atoms with Crippen molar-refractivity contribution in [2.75, 3.05) is 37.5 Å². The van der Waals surface area contributed by atoms with Gasteiger partial charge in [-0.3, -0.25) is 33.6 Å². The molecule has 0 aliphatic carbocycles. The molecule has 0 saturated carbocycles. The molecule has 1 aliphatic heterocycles. The van der Waals surface area contributed by atoms with Gasteiger partial charge in [-0.25, -0.2) is 4.79 Å². The molecule has 20 nitrogen and oxygen atoms in total. The number of carbonyl (C=O) groups is 8. The zero-order chi connectivity index (χ0) is 45.7. The Kier molecular flexibility index (Phi) is 25.4. The number of hydrogen-bond donors (Lipinski definition) is 12. The average molecular weight is 892 g/mol. The highest BCUT2D eigenvalue weighted by Crippen LogP contribution is 2.20. The van der Waals surface area contributed by atoms with E-state index < -0.39 is 114 Å². The van der Waals surface area contributed by atoms with Crippen LogP contribution in [-0.2, 0) is 38.4 Å². The fourth-order valence-corrected chi connectivity index (χ4v) is 7.08. The predicted octanol–water partition coefficient (Wildman–Crippen LogP) is -2.42. The first kappa shape index (κ1) is 54.3. The molecule has 1 heterocycles. The minimum atomic E-state index is -1.51. The maximum atomic E-state index is 13.9. The molecule has 0 aromatic heterocycles. The molecule has 0 spiro atoms. The van der Waals surface area contributed by atoms with Gasteiger partial charge in [0.25, 0.3) is 0 Å². The van der Waals surface area contributed by atoms with Crippen LogP contribution in [0, 0.1) is 11.8 Å². The van der Waals surface area contributed by atoms with Crippen LogP contribution in [0.25, 0.3) is 0 Å². The molecule has 7 amide bonds. The number of thioether (sulfide) groups is 1. The number of carbonyl (C=O) groups excluding carboxylic acids is 7. The Balaban J connectivity index is 3.25. The molecular formula is C38H69N9O11S2. The number of nitrogens with zero attached hydrogens (tertiary/aromatic N) is 1. The van der Waals surface area contributed by atoms with E-state index in [2.05, 4.69) is 44.5 Å². The first-order chi connectivity index (χ1) is 28.3. The largest absolute Gasteiger partial charge is 0.480 e. The Hall–Kier alpha value is -3.70. The third-order valence-electron chi connectivity index (χ3n) is 10.2. The number of amides is 7. The number of likely N-dealkylation sites (tertiary alicyclic amines) is 1. The van der Waals surface area contributed by atoms with Crippen molar-refractivity contribution in [1.82, 2.24) is 36.8 Å². The van der Waals surface area contributed by atoms with Crippen LogP contribution in [0.15, 0.2) is 0 Å². The van der Waals surface area contributed by atoms with Gasteiger partial charge in [-0.1, -0.05) is 34.1 Å². The normalized spacial score (nSPS) is 18.4. The van der Waals surface area contributed by atoms with Gasteiger partial charge in [0.2, 0.25) is 41.4 Å². The van der Waals surface area contributed by atoms with Gasteiger partial charge in [0, 0.05) is 12.3 Å². The van der Waals surface area contributed by atoms with Crippen molar-refractivity contribution in [1.29, 1.82) is 0 Å². The van der Waals surface area contributed by atoms with Gasteiger partial charge in [-0.15, -0.1) is 0 Å². The Bertz CT molecular complexity index is 1440. The Morgan fingerprint density at radius 1 is 0.800 bits per heavy atom. The van der Waals surface area contributed by atoms with Gasteiger partial charge in [0.15, 0.2) is 0 Å². The molecule has 0 radical (unpaired) electrons. The fraction of sp³-hybridized carbons (Fsp3) is 0.789. The molecule has 0 unspecified atom stereocenters. The summed E-state index contributed by atoms with van der Waals surface area (Å²) in [6, 6.07) is -9.80. The topological polar surface area (TPSA) is 325 Å². The summed E-state index contributed by atoms with van der Waals surface area (Å²) in [7, 11) is 0. The molecule has 10 atom stereocenters. The smallest absolute Gasteiger partial charge is 0.327 e. The molecule has 13 N–H and O–H groups in total. The highest BCUT2D eigenvalue weighted by molar-refractivity contribution is 7.98. The van der Waals surface area contributed by atoms with Crippen molar-refractivity contribution >= 4 is 71.7 Å². The lowest BCUT2D eigenvalue weighted by molar-refractivity contribution is -0.143. The van der Waals surface area contributed by atoms with E-state index in [9.17, 15) is 53.7 Å². The van der Waals surface area contributed by atoms with E-state index in [-0.39, 0.29) is 43.9 Å². The first-order valence-corrected chi connectivity index (χ1v) is 22.5. The zero-order valence-electron chi connectivity index (χ0n) is 35.6. The second kappa shape index (κ2) is 28.0. The Morgan fingerprint density at radius 3 is 1.88 bits per heavy atom. The summed E-state index contributed by atoms with van der Waals surface area (Å²) < 4.78 is 0. The van der Waals surface area contributed by atoms with E-state index in [1.807, 2.05) is 13.8 Å². The monoisotopic (exact) mass is 891 g/mol. The number of nitrogens with one attached hydrogen (secondary N) is 6. The van der Waals surface area contributed by atoms with Gasteiger partial charge in [0.1, 0.15) is 48.3 Å². The highest BCUT2D eigenvalue weighted by Gasteiger charge is 2.40. The molecule has 1 rings (SSSR count). The molecule has 0 bridgehead atoms. The third kappa shape index (κ3) is 17.7. The van der Waals surface area contributed by atoms with Crippen LogP contribution in [0.1, 0.15) is 86.0 Å². The van der Waals surface area contributed by atoms with E-state index >= 15 is 0 Å². The van der Waals surface area contributed by atoms with E-state index in [0.717, 1.165) is 0 Å². The number of nitrogens with two attached hydrogens (primary N) is 2. The maximum Gasteiger partial charge on any atom is 0.327 e. The van der Waals surface area contributed by atoms with Crippen LogP contribution < -0.4 is 43.4 Å². The first-order valence-electron chi connectivity index (χ1n) is 20.5. The van der Waals surface area contributed by atoms with Gasteiger partial charge < -0.3 is 63.6 Å². The van der Waals surface area contributed by atoms with Crippen LogP contribution in [0.4, 0.5) is 0 Å². The van der Waals surface area contributed by atoms with Gasteiger partial charge >= 0.3 is 5.97 Å². The van der Waals surface area contributed by atoms with E-state index in [4.69, 9.17) is 11.5 Å². The van der Waals surface area contributed by atoms with Crippen molar-refractivity contribution in [3.63, 3.8) is 0 Å². The second-order valence-electron chi connectivity index (χ2n) is 15.5. The zero-order valence-corrected chi connectivity index (χ0v) is 37.3. The van der Waals surface area contributed by atoms with Gasteiger partial charge in [0.05, 0.1) is 12.7 Å². The van der Waals surface area contributed by atoms with Gasteiger partial charge in [-0.05, 0) is 82.3 Å². The lowest BCUT2D eigenvalue weighted by atomic mass is 9.97. The third-order valence-corrected chi connectivity index (χ3v) is 11.2. The Morgan fingerprint density at radius 2 is 1.37 bits per heavy atom. The van der Waals surface area contributed by atoms with Gasteiger partial charge in [-0.2, -0.15) is 24.4 Å². The number of aliphatic carboxylic acids is 1. The molecular weight excluding hydrogens is 823 g/mol. The molecule has 1 aliphatic rings. The van der Waals surface area contributed by atoms with Crippen molar-refractivity contribution in [3.8, 4) is 0 Å². The lowest BCUT2D eigenvalue weighted by Gasteiger charge is -2.31. The van der Waals surface area contributed by atoms with E-state index in [1.165, 1.54) is 23.6 Å². The van der Waals surface area contributed by atoms with E-state index in [0.29, 0.717) is 38.0 Å². The number of thiol groups is 1. The van der Waals surface area contributed by atoms with Crippen molar-refractivity contribution in [2.45, 2.75) is 140 Å². The predicted molar refractivity (Wildman–Crippen MR) is 229 cm³/mol.